The first-order valence-corrected chi connectivity index (χ1v) is 7.43. The third kappa shape index (κ3) is 2.96. The fourth-order valence-corrected chi connectivity index (χ4v) is 2.50. The fraction of sp³-hybridized carbons (Fsp3) is 0.118. The van der Waals surface area contributed by atoms with Crippen LogP contribution in [0.3, 0.4) is 0 Å². The summed E-state index contributed by atoms with van der Waals surface area (Å²) in [4.78, 5) is 27.5. The van der Waals surface area contributed by atoms with E-state index in [0.29, 0.717) is 17.0 Å². The molecule has 0 spiro atoms. The number of fused-ring (bicyclic) bond motifs is 1. The molecule has 0 unspecified atom stereocenters. The van der Waals surface area contributed by atoms with E-state index >= 15 is 0 Å². The van der Waals surface area contributed by atoms with Crippen molar-refractivity contribution in [1.82, 2.24) is 4.98 Å². The van der Waals surface area contributed by atoms with Crippen molar-refractivity contribution in [1.29, 1.82) is 0 Å². The maximum atomic E-state index is 11.9. The zero-order valence-corrected chi connectivity index (χ0v) is 13.7. The molecule has 122 valence electrons. The number of anilines is 1. The van der Waals surface area contributed by atoms with Crippen molar-refractivity contribution in [2.45, 2.75) is 6.92 Å². The summed E-state index contributed by atoms with van der Waals surface area (Å²) in [5, 5.41) is 3.48. The number of halogens is 1. The molecule has 6 nitrogen and oxygen atoms in total. The highest BCUT2D eigenvalue weighted by Crippen LogP contribution is 2.33. The van der Waals surface area contributed by atoms with Gasteiger partial charge in [0, 0.05) is 12.3 Å². The molecule has 24 heavy (non-hydrogen) atoms. The van der Waals surface area contributed by atoms with Crippen molar-refractivity contribution in [3.8, 4) is 11.5 Å². The Morgan fingerprint density at radius 2 is 2.00 bits per heavy atom. The van der Waals surface area contributed by atoms with Gasteiger partial charge in [0.1, 0.15) is 11.3 Å². The monoisotopic (exact) mass is 344 g/mol. The van der Waals surface area contributed by atoms with Crippen LogP contribution in [-0.4, -0.2) is 24.0 Å². The molecule has 1 amide bonds. The lowest BCUT2D eigenvalue weighted by atomic mass is 10.2. The van der Waals surface area contributed by atoms with Crippen LogP contribution in [0.2, 0.25) is 5.02 Å². The van der Waals surface area contributed by atoms with Crippen molar-refractivity contribution in [2.75, 3.05) is 12.4 Å². The van der Waals surface area contributed by atoms with Gasteiger partial charge < -0.3 is 14.5 Å². The largest absolute Gasteiger partial charge is 0.464 e. The molecular formula is C17H13ClN2O4. The van der Waals surface area contributed by atoms with E-state index in [9.17, 15) is 9.59 Å². The van der Waals surface area contributed by atoms with Crippen LogP contribution in [0.4, 0.5) is 5.69 Å². The second-order valence-corrected chi connectivity index (χ2v) is 5.42. The quantitative estimate of drug-likeness (QED) is 0.729. The Labute approximate surface area is 142 Å². The van der Waals surface area contributed by atoms with Crippen LogP contribution in [-0.2, 0) is 9.53 Å². The Kier molecular flexibility index (Phi) is 4.22. The number of aromatic nitrogens is 1. The summed E-state index contributed by atoms with van der Waals surface area (Å²) in [7, 11) is 1.23. The van der Waals surface area contributed by atoms with E-state index in [0.717, 1.165) is 5.39 Å². The average molecular weight is 345 g/mol. The Morgan fingerprint density at radius 1 is 1.25 bits per heavy atom. The molecule has 0 bridgehead atoms. The van der Waals surface area contributed by atoms with Crippen LogP contribution in [0.15, 0.2) is 40.8 Å². The van der Waals surface area contributed by atoms with Gasteiger partial charge in [-0.15, -0.1) is 0 Å². The molecule has 0 aliphatic carbocycles. The number of esters is 1. The van der Waals surface area contributed by atoms with Gasteiger partial charge in [0.15, 0.2) is 11.5 Å². The Balaban J connectivity index is 2.19. The third-order valence-corrected chi connectivity index (χ3v) is 3.71. The first-order valence-electron chi connectivity index (χ1n) is 7.05. The van der Waals surface area contributed by atoms with Gasteiger partial charge in [0.05, 0.1) is 17.8 Å². The van der Waals surface area contributed by atoms with Gasteiger partial charge in [-0.3, -0.25) is 4.79 Å². The van der Waals surface area contributed by atoms with Gasteiger partial charge in [-0.2, -0.15) is 0 Å². The lowest BCUT2D eigenvalue weighted by molar-refractivity contribution is -0.114. The van der Waals surface area contributed by atoms with E-state index in [1.807, 2.05) is 24.3 Å². The Hall–Kier alpha value is -2.86. The number of rotatable bonds is 3. The molecule has 2 aromatic heterocycles. The third-order valence-electron chi connectivity index (χ3n) is 3.33. The van der Waals surface area contributed by atoms with Gasteiger partial charge in [0.2, 0.25) is 5.91 Å². The highest BCUT2D eigenvalue weighted by atomic mass is 35.5. The maximum Gasteiger partial charge on any atom is 0.358 e. The summed E-state index contributed by atoms with van der Waals surface area (Å²) in [6.07, 6.45) is 0. The number of methoxy groups -OCH3 is 1. The number of benzene rings is 1. The number of furan rings is 1. The minimum Gasteiger partial charge on any atom is -0.464 e. The average Bonchev–Trinajstić information content (AvgIpc) is 2.99. The predicted molar refractivity (Wildman–Crippen MR) is 90.1 cm³/mol. The number of carbonyl (C=O) groups is 2. The number of amides is 1. The summed E-state index contributed by atoms with van der Waals surface area (Å²) in [5.74, 6) is -0.580. The standard InChI is InChI=1S/C17H13ClN2O4/c1-9(21)19-12-8-11(20-16(15(12)18)17(22)23-2)14-7-10-5-3-4-6-13(10)24-14/h3-8H,1-2H3,(H,19,20,21). The van der Waals surface area contributed by atoms with E-state index in [4.69, 9.17) is 20.8 Å². The van der Waals surface area contributed by atoms with E-state index in [1.54, 1.807) is 12.1 Å². The van der Waals surface area contributed by atoms with Crippen molar-refractivity contribution < 1.29 is 18.7 Å². The highest BCUT2D eigenvalue weighted by Gasteiger charge is 2.20. The normalized spacial score (nSPS) is 10.6. The van der Waals surface area contributed by atoms with Crippen molar-refractivity contribution in [3.05, 3.63) is 47.1 Å². The van der Waals surface area contributed by atoms with Gasteiger partial charge >= 0.3 is 5.97 Å². The van der Waals surface area contributed by atoms with Gasteiger partial charge in [-0.05, 0) is 18.2 Å². The smallest absolute Gasteiger partial charge is 0.358 e. The summed E-state index contributed by atoms with van der Waals surface area (Å²) in [5.41, 5.74) is 1.21. The maximum absolute atomic E-state index is 11.9. The molecule has 0 saturated heterocycles. The number of ether oxygens (including phenoxy) is 1. The van der Waals surface area contributed by atoms with Crippen molar-refractivity contribution in [2.24, 2.45) is 0 Å². The molecule has 0 atom stereocenters. The Bertz CT molecular complexity index is 916. The van der Waals surface area contributed by atoms with Crippen LogP contribution >= 0.6 is 11.6 Å². The molecule has 0 aliphatic heterocycles. The number of pyridine rings is 1. The molecule has 0 saturated carbocycles. The zero-order chi connectivity index (χ0) is 17.3. The molecule has 0 fully saturated rings. The number of nitrogens with one attached hydrogen (secondary N) is 1. The minimum absolute atomic E-state index is 0.0110. The van der Waals surface area contributed by atoms with Crippen LogP contribution in [0, 0.1) is 0 Å². The number of hydrogen-bond acceptors (Lipinski definition) is 5. The molecule has 3 rings (SSSR count). The zero-order valence-electron chi connectivity index (χ0n) is 12.9. The molecule has 2 heterocycles. The summed E-state index contributed by atoms with van der Waals surface area (Å²) in [6, 6.07) is 10.8. The van der Waals surface area contributed by atoms with Crippen LogP contribution < -0.4 is 5.32 Å². The van der Waals surface area contributed by atoms with Gasteiger partial charge in [-0.25, -0.2) is 9.78 Å². The molecular weight excluding hydrogens is 332 g/mol. The number of para-hydroxylation sites is 1. The lowest BCUT2D eigenvalue weighted by Crippen LogP contribution is -2.11. The van der Waals surface area contributed by atoms with Crippen LogP contribution in [0.1, 0.15) is 17.4 Å². The first kappa shape index (κ1) is 16.0. The Morgan fingerprint density at radius 3 is 2.67 bits per heavy atom. The highest BCUT2D eigenvalue weighted by molar-refractivity contribution is 6.36. The fourth-order valence-electron chi connectivity index (χ4n) is 2.28. The summed E-state index contributed by atoms with van der Waals surface area (Å²) >= 11 is 6.16. The minimum atomic E-state index is -0.704. The van der Waals surface area contributed by atoms with Crippen molar-refractivity contribution >= 4 is 40.1 Å². The van der Waals surface area contributed by atoms with Gasteiger partial charge in [0.25, 0.3) is 0 Å². The van der Waals surface area contributed by atoms with E-state index in [2.05, 4.69) is 10.3 Å². The molecule has 0 aliphatic rings. The molecule has 0 radical (unpaired) electrons. The van der Waals surface area contributed by atoms with Crippen molar-refractivity contribution in [3.63, 3.8) is 0 Å². The second kappa shape index (κ2) is 6.33. The topological polar surface area (TPSA) is 81.4 Å². The molecule has 1 aromatic carbocycles. The summed E-state index contributed by atoms with van der Waals surface area (Å²) in [6.45, 7) is 1.34. The lowest BCUT2D eigenvalue weighted by Gasteiger charge is -2.10. The number of nitrogens with zero attached hydrogens (tertiary/aromatic N) is 1. The first-order chi connectivity index (χ1) is 11.5. The molecule has 1 N–H and O–H groups in total. The molecule has 7 heteroatoms. The molecule has 3 aromatic rings. The summed E-state index contributed by atoms with van der Waals surface area (Å²) < 4.78 is 10.4. The van der Waals surface area contributed by atoms with E-state index < -0.39 is 5.97 Å². The van der Waals surface area contributed by atoms with E-state index in [1.165, 1.54) is 14.0 Å². The van der Waals surface area contributed by atoms with Gasteiger partial charge in [-0.1, -0.05) is 29.8 Å². The number of hydrogen-bond donors (Lipinski definition) is 1. The van der Waals surface area contributed by atoms with Crippen LogP contribution in [0.25, 0.3) is 22.4 Å². The SMILES string of the molecule is COC(=O)c1nc(-c2cc3ccccc3o2)cc(NC(C)=O)c1Cl. The predicted octanol–water partition coefficient (Wildman–Crippen LogP) is 3.89. The van der Waals surface area contributed by atoms with E-state index in [-0.39, 0.29) is 22.3 Å². The second-order valence-electron chi connectivity index (χ2n) is 5.04. The van der Waals surface area contributed by atoms with Crippen LogP contribution in [0.5, 0.6) is 0 Å². The number of carbonyl (C=O) groups excluding carboxylic acids is 2.